The number of benzene rings is 1. The quantitative estimate of drug-likeness (QED) is 0.923. The lowest BCUT2D eigenvalue weighted by Gasteiger charge is -2.19. The molecule has 0 amide bonds. The number of nitrogens with zero attached hydrogens (tertiary/aromatic N) is 2. The summed E-state index contributed by atoms with van der Waals surface area (Å²) in [4.78, 5) is 0. The zero-order chi connectivity index (χ0) is 15.7. The van der Waals surface area contributed by atoms with Crippen molar-refractivity contribution in [2.75, 3.05) is 0 Å². The van der Waals surface area contributed by atoms with Gasteiger partial charge in [0.05, 0.1) is 6.20 Å². The number of aromatic nitrogens is 2. The van der Waals surface area contributed by atoms with Gasteiger partial charge in [-0.3, -0.25) is 0 Å². The predicted molar refractivity (Wildman–Crippen MR) is 82.0 cm³/mol. The first-order chi connectivity index (χ1) is 10.6. The van der Waals surface area contributed by atoms with Gasteiger partial charge in [0.15, 0.2) is 5.82 Å². The molecule has 1 saturated carbocycles. The Hall–Kier alpha value is -1.75. The SMILES string of the molecule is Cc1c([C@@H](C)NC2CCCC2)cnn1-c1ccc(F)cc1F. The van der Waals surface area contributed by atoms with Gasteiger partial charge in [-0.1, -0.05) is 12.8 Å². The highest BCUT2D eigenvalue weighted by molar-refractivity contribution is 5.37. The summed E-state index contributed by atoms with van der Waals surface area (Å²) in [6.45, 7) is 4.02. The molecule has 22 heavy (non-hydrogen) atoms. The topological polar surface area (TPSA) is 29.9 Å². The van der Waals surface area contributed by atoms with Crippen LogP contribution < -0.4 is 5.32 Å². The van der Waals surface area contributed by atoms with Crippen molar-refractivity contribution in [2.45, 2.75) is 51.6 Å². The number of halogens is 2. The van der Waals surface area contributed by atoms with Gasteiger partial charge in [-0.2, -0.15) is 5.10 Å². The third-order valence-electron chi connectivity index (χ3n) is 4.49. The van der Waals surface area contributed by atoms with Crippen molar-refractivity contribution in [3.05, 3.63) is 47.3 Å². The van der Waals surface area contributed by atoms with Gasteiger partial charge in [0.1, 0.15) is 11.5 Å². The third kappa shape index (κ3) is 2.90. The number of hydrogen-bond donors (Lipinski definition) is 1. The highest BCUT2D eigenvalue weighted by atomic mass is 19.1. The van der Waals surface area contributed by atoms with Crippen LogP contribution in [0.3, 0.4) is 0 Å². The van der Waals surface area contributed by atoms with E-state index in [2.05, 4.69) is 17.3 Å². The Morgan fingerprint density at radius 1 is 1.27 bits per heavy atom. The van der Waals surface area contributed by atoms with Crippen LogP contribution in [-0.2, 0) is 0 Å². The molecule has 0 bridgehead atoms. The van der Waals surface area contributed by atoms with Gasteiger partial charge >= 0.3 is 0 Å². The fraction of sp³-hybridized carbons (Fsp3) is 0.471. The zero-order valence-corrected chi connectivity index (χ0v) is 12.9. The van der Waals surface area contributed by atoms with Crippen molar-refractivity contribution in [1.29, 1.82) is 0 Å². The summed E-state index contributed by atoms with van der Waals surface area (Å²) >= 11 is 0. The number of nitrogens with one attached hydrogen (secondary N) is 1. The first kappa shape index (κ1) is 15.2. The van der Waals surface area contributed by atoms with Crippen molar-refractivity contribution in [3.63, 3.8) is 0 Å². The molecule has 1 aliphatic carbocycles. The summed E-state index contributed by atoms with van der Waals surface area (Å²) in [7, 11) is 0. The van der Waals surface area contributed by atoms with Crippen molar-refractivity contribution in [3.8, 4) is 5.69 Å². The molecular weight excluding hydrogens is 284 g/mol. The molecule has 1 N–H and O–H groups in total. The molecule has 0 unspecified atom stereocenters. The van der Waals surface area contributed by atoms with Crippen LogP contribution in [0.25, 0.3) is 5.69 Å². The van der Waals surface area contributed by atoms with Crippen LogP contribution in [0.15, 0.2) is 24.4 Å². The molecule has 1 atom stereocenters. The second kappa shape index (κ2) is 6.16. The van der Waals surface area contributed by atoms with E-state index in [4.69, 9.17) is 0 Å². The maximum Gasteiger partial charge on any atom is 0.151 e. The van der Waals surface area contributed by atoms with Crippen LogP contribution in [0.1, 0.15) is 49.9 Å². The normalized spacial score (nSPS) is 17.1. The summed E-state index contributed by atoms with van der Waals surface area (Å²) in [6, 6.07) is 4.28. The summed E-state index contributed by atoms with van der Waals surface area (Å²) < 4.78 is 28.5. The Kier molecular flexibility index (Phi) is 4.25. The molecule has 1 fully saturated rings. The molecule has 3 rings (SSSR count). The molecule has 1 aromatic carbocycles. The van der Waals surface area contributed by atoms with Crippen LogP contribution in [0.2, 0.25) is 0 Å². The first-order valence-corrected chi connectivity index (χ1v) is 7.82. The molecule has 118 valence electrons. The monoisotopic (exact) mass is 305 g/mol. The molecule has 1 aliphatic rings. The van der Waals surface area contributed by atoms with Gasteiger partial charge in [-0.05, 0) is 38.8 Å². The van der Waals surface area contributed by atoms with Gasteiger partial charge in [0, 0.05) is 29.4 Å². The number of hydrogen-bond acceptors (Lipinski definition) is 2. The molecule has 5 heteroatoms. The second-order valence-electron chi connectivity index (χ2n) is 6.06. The Bertz CT molecular complexity index is 660. The van der Waals surface area contributed by atoms with E-state index in [1.807, 2.05) is 6.92 Å². The Labute approximate surface area is 129 Å². The summed E-state index contributed by atoms with van der Waals surface area (Å²) in [6.07, 6.45) is 6.76. The molecule has 3 nitrogen and oxygen atoms in total. The van der Waals surface area contributed by atoms with Gasteiger partial charge < -0.3 is 5.32 Å². The Balaban J connectivity index is 1.84. The van der Waals surface area contributed by atoms with Crippen molar-refractivity contribution < 1.29 is 8.78 Å². The Morgan fingerprint density at radius 3 is 2.68 bits per heavy atom. The zero-order valence-electron chi connectivity index (χ0n) is 12.9. The van der Waals surface area contributed by atoms with E-state index in [1.165, 1.54) is 42.5 Å². The van der Waals surface area contributed by atoms with E-state index < -0.39 is 11.6 Å². The van der Waals surface area contributed by atoms with Gasteiger partial charge in [-0.15, -0.1) is 0 Å². The second-order valence-corrected chi connectivity index (χ2v) is 6.06. The maximum atomic E-state index is 13.9. The summed E-state index contributed by atoms with van der Waals surface area (Å²) in [5.41, 5.74) is 2.21. The van der Waals surface area contributed by atoms with Crippen LogP contribution >= 0.6 is 0 Å². The fourth-order valence-corrected chi connectivity index (χ4v) is 3.28. The van der Waals surface area contributed by atoms with Crippen molar-refractivity contribution in [1.82, 2.24) is 15.1 Å². The van der Waals surface area contributed by atoms with Gasteiger partial charge in [-0.25, -0.2) is 13.5 Å². The first-order valence-electron chi connectivity index (χ1n) is 7.82. The van der Waals surface area contributed by atoms with Crippen LogP contribution in [-0.4, -0.2) is 15.8 Å². The van der Waals surface area contributed by atoms with E-state index in [0.29, 0.717) is 6.04 Å². The smallest absolute Gasteiger partial charge is 0.151 e. The molecular formula is C17H21F2N3. The minimum Gasteiger partial charge on any atom is -0.307 e. The van der Waals surface area contributed by atoms with E-state index in [-0.39, 0.29) is 11.7 Å². The number of rotatable bonds is 4. The minimum atomic E-state index is -0.603. The standard InChI is InChI=1S/C17H21F2N3/c1-11(21-14-5-3-4-6-14)15-10-20-22(12(15)2)17-8-7-13(18)9-16(17)19/h7-11,14,21H,3-6H2,1-2H3/t11-/m1/s1. The van der Waals surface area contributed by atoms with Crippen LogP contribution in [0, 0.1) is 18.6 Å². The van der Waals surface area contributed by atoms with E-state index in [1.54, 1.807) is 6.20 Å². The molecule has 0 saturated heterocycles. The van der Waals surface area contributed by atoms with E-state index >= 15 is 0 Å². The lowest BCUT2D eigenvalue weighted by molar-refractivity contribution is 0.460. The Morgan fingerprint density at radius 2 is 2.00 bits per heavy atom. The van der Waals surface area contributed by atoms with Crippen LogP contribution in [0.5, 0.6) is 0 Å². The minimum absolute atomic E-state index is 0.167. The molecule has 0 spiro atoms. The fourth-order valence-electron chi connectivity index (χ4n) is 3.28. The van der Waals surface area contributed by atoms with Crippen LogP contribution in [0.4, 0.5) is 8.78 Å². The van der Waals surface area contributed by atoms with E-state index in [0.717, 1.165) is 17.3 Å². The lowest BCUT2D eigenvalue weighted by atomic mass is 10.1. The lowest BCUT2D eigenvalue weighted by Crippen LogP contribution is -2.29. The molecule has 1 heterocycles. The largest absolute Gasteiger partial charge is 0.307 e. The molecule has 0 radical (unpaired) electrons. The highest BCUT2D eigenvalue weighted by Crippen LogP contribution is 2.25. The average Bonchev–Trinajstić information content (AvgIpc) is 3.09. The maximum absolute atomic E-state index is 13.9. The van der Waals surface area contributed by atoms with Gasteiger partial charge in [0.2, 0.25) is 0 Å². The summed E-state index contributed by atoms with van der Waals surface area (Å²) in [5, 5.41) is 7.90. The average molecular weight is 305 g/mol. The molecule has 2 aromatic rings. The molecule has 0 aliphatic heterocycles. The summed E-state index contributed by atoms with van der Waals surface area (Å²) in [5.74, 6) is -1.18. The van der Waals surface area contributed by atoms with E-state index in [9.17, 15) is 8.78 Å². The van der Waals surface area contributed by atoms with Crippen molar-refractivity contribution >= 4 is 0 Å². The highest BCUT2D eigenvalue weighted by Gasteiger charge is 2.21. The predicted octanol–water partition coefficient (Wildman–Crippen LogP) is 4.05. The third-order valence-corrected chi connectivity index (χ3v) is 4.49. The van der Waals surface area contributed by atoms with Crippen molar-refractivity contribution in [2.24, 2.45) is 0 Å². The van der Waals surface area contributed by atoms with Gasteiger partial charge in [0.25, 0.3) is 0 Å². The molecule has 1 aromatic heterocycles.